The second-order valence-corrected chi connectivity index (χ2v) is 8.93. The number of nitrogens with zero attached hydrogens (tertiary/aromatic N) is 5. The van der Waals surface area contributed by atoms with Crippen LogP contribution in [0.5, 0.6) is 5.75 Å². The van der Waals surface area contributed by atoms with Crippen LogP contribution >= 0.6 is 11.8 Å². The number of ether oxygens (including phenoxy) is 1. The summed E-state index contributed by atoms with van der Waals surface area (Å²) in [5.41, 5.74) is 10.2. The topological polar surface area (TPSA) is 128 Å². The van der Waals surface area contributed by atoms with Crippen LogP contribution < -0.4 is 15.8 Å². The third kappa shape index (κ3) is 6.80. The van der Waals surface area contributed by atoms with Gasteiger partial charge in [0, 0.05) is 24.4 Å². The molecule has 0 bridgehead atoms. The van der Waals surface area contributed by atoms with Gasteiger partial charge in [-0.25, -0.2) is 4.98 Å². The van der Waals surface area contributed by atoms with E-state index in [2.05, 4.69) is 62.1 Å². The van der Waals surface area contributed by atoms with Crippen molar-refractivity contribution in [3.8, 4) is 5.75 Å². The summed E-state index contributed by atoms with van der Waals surface area (Å²) in [7, 11) is 1.69. The monoisotopic (exact) mass is 470 g/mol. The van der Waals surface area contributed by atoms with Gasteiger partial charge in [0.15, 0.2) is 5.82 Å². The van der Waals surface area contributed by atoms with Gasteiger partial charge in [-0.3, -0.25) is 0 Å². The zero-order chi connectivity index (χ0) is 23.6. The quantitative estimate of drug-likeness (QED) is 0.343. The molecule has 1 aromatic carbocycles. The molecule has 4 N–H and O–H groups in total. The van der Waals surface area contributed by atoms with E-state index in [1.165, 1.54) is 0 Å². The summed E-state index contributed by atoms with van der Waals surface area (Å²) in [5, 5.41) is 18.0. The van der Waals surface area contributed by atoms with Gasteiger partial charge < -0.3 is 15.8 Å². The van der Waals surface area contributed by atoms with Gasteiger partial charge in [0.25, 0.3) is 0 Å². The number of nitrogens with one attached hydrogen (secondary N) is 2. The van der Waals surface area contributed by atoms with Gasteiger partial charge in [-0.2, -0.15) is 22.0 Å². The number of nitrogens with two attached hydrogens (primary N) is 1. The molecule has 2 aromatic heterocycles. The van der Waals surface area contributed by atoms with Crippen molar-refractivity contribution in [3.63, 3.8) is 0 Å². The Bertz CT molecular complexity index is 1010. The van der Waals surface area contributed by atoms with Crippen molar-refractivity contribution in [1.29, 1.82) is 0 Å². The van der Waals surface area contributed by atoms with Crippen molar-refractivity contribution in [1.82, 2.24) is 30.6 Å². The molecule has 0 aliphatic carbocycles. The highest BCUT2D eigenvalue weighted by Crippen LogP contribution is 2.29. The van der Waals surface area contributed by atoms with E-state index in [1.807, 2.05) is 23.9 Å². The summed E-state index contributed by atoms with van der Waals surface area (Å²) in [6.07, 6.45) is 7.39. The second kappa shape index (κ2) is 12.4. The van der Waals surface area contributed by atoms with E-state index >= 15 is 0 Å². The van der Waals surface area contributed by atoms with Crippen LogP contribution in [0.15, 0.2) is 18.2 Å². The number of nitrogen functional groups attached to an aromatic ring is 1. The van der Waals surface area contributed by atoms with E-state index in [-0.39, 0.29) is 0 Å². The summed E-state index contributed by atoms with van der Waals surface area (Å²) < 4.78 is 5.68. The minimum Gasteiger partial charge on any atom is -0.496 e. The minimum absolute atomic E-state index is 0.302. The molecule has 3 rings (SSSR count). The second-order valence-electron chi connectivity index (χ2n) is 7.95. The fourth-order valence-corrected chi connectivity index (χ4v) is 4.47. The maximum absolute atomic E-state index is 6.09. The molecule has 1 atom stereocenters. The molecular weight excluding hydrogens is 436 g/mol. The normalized spacial score (nSPS) is 12.0. The van der Waals surface area contributed by atoms with Gasteiger partial charge in [-0.15, -0.1) is 10.2 Å². The lowest BCUT2D eigenvalue weighted by atomic mass is 9.98. The van der Waals surface area contributed by atoms with Crippen LogP contribution in [0.2, 0.25) is 0 Å². The Balaban J connectivity index is 1.96. The zero-order valence-corrected chi connectivity index (χ0v) is 20.7. The largest absolute Gasteiger partial charge is 0.496 e. The SMILES string of the molecule is CCC[C@@H](CCSC)Nc1nc(N)nc(CC)c1Cc1cc(Cc2nn[nH]n2)ccc1OC. The molecule has 3 aromatic rings. The highest BCUT2D eigenvalue weighted by Gasteiger charge is 2.19. The maximum Gasteiger partial charge on any atom is 0.222 e. The number of aromatic amines is 1. The number of hydrogen-bond donors (Lipinski definition) is 3. The van der Waals surface area contributed by atoms with E-state index in [0.717, 1.165) is 65.4 Å². The Hall–Kier alpha value is -2.88. The Morgan fingerprint density at radius 1 is 1.18 bits per heavy atom. The highest BCUT2D eigenvalue weighted by molar-refractivity contribution is 7.98. The molecule has 0 aliphatic heterocycles. The summed E-state index contributed by atoms with van der Waals surface area (Å²) in [6.45, 7) is 4.30. The number of methoxy groups -OCH3 is 1. The number of aromatic nitrogens is 6. The number of anilines is 2. The van der Waals surface area contributed by atoms with Crippen LogP contribution in [0.3, 0.4) is 0 Å². The van der Waals surface area contributed by atoms with Gasteiger partial charge in [0.2, 0.25) is 5.95 Å². The van der Waals surface area contributed by atoms with Crippen LogP contribution in [0.25, 0.3) is 0 Å². The minimum atomic E-state index is 0.302. The lowest BCUT2D eigenvalue weighted by Crippen LogP contribution is -2.23. The molecule has 10 heteroatoms. The molecule has 0 saturated heterocycles. The van der Waals surface area contributed by atoms with Crippen molar-refractivity contribution in [2.45, 2.75) is 58.4 Å². The predicted octanol–water partition coefficient (Wildman–Crippen LogP) is 3.66. The first-order valence-corrected chi connectivity index (χ1v) is 12.8. The zero-order valence-electron chi connectivity index (χ0n) is 19.9. The molecule has 0 amide bonds. The third-order valence-corrected chi connectivity index (χ3v) is 6.20. The Morgan fingerprint density at radius 2 is 2.03 bits per heavy atom. The van der Waals surface area contributed by atoms with Crippen molar-refractivity contribution in [2.24, 2.45) is 0 Å². The molecule has 0 spiro atoms. The number of hydrogen-bond acceptors (Lipinski definition) is 9. The first kappa shape index (κ1) is 24.8. The van der Waals surface area contributed by atoms with Crippen molar-refractivity contribution in [2.75, 3.05) is 30.2 Å². The smallest absolute Gasteiger partial charge is 0.222 e. The van der Waals surface area contributed by atoms with Gasteiger partial charge in [-0.1, -0.05) is 37.6 Å². The van der Waals surface area contributed by atoms with Crippen molar-refractivity contribution in [3.05, 3.63) is 46.4 Å². The average molecular weight is 471 g/mol. The molecule has 0 saturated carbocycles. The van der Waals surface area contributed by atoms with Crippen LogP contribution in [0.4, 0.5) is 11.8 Å². The first-order valence-electron chi connectivity index (χ1n) is 11.4. The Labute approximate surface area is 199 Å². The lowest BCUT2D eigenvalue weighted by molar-refractivity contribution is 0.410. The van der Waals surface area contributed by atoms with Gasteiger partial charge >= 0.3 is 0 Å². The number of tetrazole rings is 1. The summed E-state index contributed by atoms with van der Waals surface area (Å²) in [4.78, 5) is 9.17. The average Bonchev–Trinajstić information content (AvgIpc) is 3.32. The van der Waals surface area contributed by atoms with Crippen LogP contribution in [-0.2, 0) is 19.3 Å². The molecule has 178 valence electrons. The van der Waals surface area contributed by atoms with Crippen LogP contribution in [0, 0.1) is 0 Å². The van der Waals surface area contributed by atoms with E-state index < -0.39 is 0 Å². The van der Waals surface area contributed by atoms with Crippen molar-refractivity contribution < 1.29 is 4.74 Å². The molecule has 0 aliphatic rings. The Morgan fingerprint density at radius 3 is 2.70 bits per heavy atom. The number of rotatable bonds is 13. The molecule has 33 heavy (non-hydrogen) atoms. The number of aryl methyl sites for hydroxylation is 1. The standard InChI is InChI=1S/C23H34N8OS/c1-5-7-17(10-11-33-4)25-22-18(19(6-2)26-23(24)27-22)14-16-12-15(8-9-20(16)32-3)13-21-28-30-31-29-21/h8-9,12,17H,5-7,10-11,13-14H2,1-4H3,(H3,24,25,26,27)(H,28,29,30,31)/t17-/m0/s1. The van der Waals surface area contributed by atoms with E-state index in [0.29, 0.717) is 30.7 Å². The van der Waals surface area contributed by atoms with Gasteiger partial charge in [0.05, 0.1) is 12.8 Å². The number of thioether (sulfide) groups is 1. The summed E-state index contributed by atoms with van der Waals surface area (Å²) in [5.74, 6) is 3.69. The lowest BCUT2D eigenvalue weighted by Gasteiger charge is -2.22. The van der Waals surface area contributed by atoms with Gasteiger partial charge in [0.1, 0.15) is 11.6 Å². The molecule has 0 fully saturated rings. The molecular formula is C23H34N8OS. The number of H-pyrrole nitrogens is 1. The maximum atomic E-state index is 6.09. The van der Waals surface area contributed by atoms with E-state index in [1.54, 1.807) is 7.11 Å². The highest BCUT2D eigenvalue weighted by atomic mass is 32.2. The Kier molecular flexibility index (Phi) is 9.29. The van der Waals surface area contributed by atoms with Crippen molar-refractivity contribution >= 4 is 23.5 Å². The fourth-order valence-electron chi connectivity index (χ4n) is 3.95. The predicted molar refractivity (Wildman–Crippen MR) is 134 cm³/mol. The van der Waals surface area contributed by atoms with E-state index in [4.69, 9.17) is 10.5 Å². The molecule has 2 heterocycles. The number of benzene rings is 1. The third-order valence-electron chi connectivity index (χ3n) is 5.56. The molecule has 9 nitrogen and oxygen atoms in total. The van der Waals surface area contributed by atoms with Crippen LogP contribution in [-0.4, -0.2) is 55.8 Å². The van der Waals surface area contributed by atoms with E-state index in [9.17, 15) is 0 Å². The first-order chi connectivity index (χ1) is 16.1. The molecule has 0 unspecified atom stereocenters. The van der Waals surface area contributed by atoms with Gasteiger partial charge in [-0.05, 0) is 48.5 Å². The fraction of sp³-hybridized carbons (Fsp3) is 0.522. The summed E-state index contributed by atoms with van der Waals surface area (Å²) in [6, 6.07) is 6.48. The molecule has 0 radical (unpaired) electrons. The summed E-state index contributed by atoms with van der Waals surface area (Å²) >= 11 is 1.86. The van der Waals surface area contributed by atoms with Crippen LogP contribution in [0.1, 0.15) is 61.3 Å².